The van der Waals surface area contributed by atoms with Crippen molar-refractivity contribution in [2.24, 2.45) is 11.7 Å². The van der Waals surface area contributed by atoms with E-state index in [4.69, 9.17) is 21.8 Å². The van der Waals surface area contributed by atoms with E-state index in [-0.39, 0.29) is 5.92 Å². The fraction of sp³-hybridized carbons (Fsp3) is 0.417. The van der Waals surface area contributed by atoms with E-state index in [2.05, 4.69) is 18.8 Å². The quantitative estimate of drug-likeness (QED) is 0.894. The average molecular weight is 239 g/mol. The Labute approximate surface area is 99.6 Å². The number of fused-ring (bicyclic) bond motifs is 1. The van der Waals surface area contributed by atoms with Crippen molar-refractivity contribution in [1.29, 1.82) is 0 Å². The zero-order valence-corrected chi connectivity index (χ0v) is 10.2. The zero-order chi connectivity index (χ0) is 11.7. The summed E-state index contributed by atoms with van der Waals surface area (Å²) in [6.45, 7) is 4.86. The normalized spacial score (nSPS) is 13.6. The van der Waals surface area contributed by atoms with Crippen LogP contribution in [0.5, 0.6) is 0 Å². The first kappa shape index (κ1) is 11.4. The minimum Gasteiger partial charge on any atom is -0.443 e. The summed E-state index contributed by atoms with van der Waals surface area (Å²) in [5.41, 5.74) is 8.38. The van der Waals surface area contributed by atoms with Crippen molar-refractivity contribution >= 4 is 22.7 Å². The molecule has 0 bridgehead atoms. The Hall–Kier alpha value is -1.06. The monoisotopic (exact) mass is 238 g/mol. The van der Waals surface area contributed by atoms with Gasteiger partial charge in [0.05, 0.1) is 0 Å². The molecule has 0 aliphatic rings. The molecule has 2 aromatic rings. The molecule has 1 atom stereocenters. The van der Waals surface area contributed by atoms with Crippen molar-refractivity contribution < 1.29 is 4.42 Å². The van der Waals surface area contributed by atoms with Gasteiger partial charge in [-0.2, -0.15) is 0 Å². The molecule has 0 aliphatic heterocycles. The summed E-state index contributed by atoms with van der Waals surface area (Å²) >= 11 is 6.24. The highest BCUT2D eigenvalue weighted by atomic mass is 35.5. The third-order valence-electron chi connectivity index (χ3n) is 2.91. The van der Waals surface area contributed by atoms with Crippen LogP contribution in [0.15, 0.2) is 22.9 Å². The van der Waals surface area contributed by atoms with Gasteiger partial charge >= 0.3 is 0 Å². The maximum atomic E-state index is 6.24. The molecule has 0 saturated heterocycles. The van der Waals surface area contributed by atoms with Crippen LogP contribution >= 0.6 is 11.6 Å². The predicted octanol–water partition coefficient (Wildman–Crippen LogP) is 3.18. The highest BCUT2D eigenvalue weighted by Crippen LogP contribution is 2.32. The molecule has 1 aromatic carbocycles. The van der Waals surface area contributed by atoms with Crippen molar-refractivity contribution in [2.75, 3.05) is 6.54 Å². The minimum atomic E-state index is 0.252. The molecular formula is C12H15ClN2O. The predicted molar refractivity (Wildman–Crippen MR) is 65.7 cm³/mol. The molecule has 2 rings (SSSR count). The third kappa shape index (κ3) is 1.93. The van der Waals surface area contributed by atoms with Crippen molar-refractivity contribution in [2.45, 2.75) is 19.8 Å². The Bertz CT molecular complexity index is 493. The van der Waals surface area contributed by atoms with Gasteiger partial charge in [0.2, 0.25) is 0 Å². The second-order valence-corrected chi connectivity index (χ2v) is 4.69. The Balaban J connectivity index is 2.53. The summed E-state index contributed by atoms with van der Waals surface area (Å²) in [5.74, 6) is 0.699. The standard InChI is InChI=1S/C12H15ClN2O/c1-7(2)9(5-14)8-3-12-11(4-10(8)13)15-6-16-12/h3-4,6-7,9H,5,14H2,1-2H3. The van der Waals surface area contributed by atoms with Crippen molar-refractivity contribution in [3.05, 3.63) is 29.1 Å². The van der Waals surface area contributed by atoms with E-state index in [1.165, 1.54) is 6.39 Å². The highest BCUT2D eigenvalue weighted by molar-refractivity contribution is 6.32. The number of hydrogen-bond donors (Lipinski definition) is 1. The number of benzene rings is 1. The topological polar surface area (TPSA) is 52.0 Å². The molecule has 0 fully saturated rings. The van der Waals surface area contributed by atoms with Crippen LogP contribution in [0.3, 0.4) is 0 Å². The summed E-state index contributed by atoms with van der Waals surface area (Å²) in [7, 11) is 0. The Morgan fingerprint density at radius 3 is 2.81 bits per heavy atom. The van der Waals surface area contributed by atoms with Crippen LogP contribution in [0.25, 0.3) is 11.1 Å². The first-order valence-corrected chi connectivity index (χ1v) is 5.74. The lowest BCUT2D eigenvalue weighted by Gasteiger charge is -2.20. The fourth-order valence-electron chi connectivity index (χ4n) is 1.94. The van der Waals surface area contributed by atoms with E-state index >= 15 is 0 Å². The zero-order valence-electron chi connectivity index (χ0n) is 9.40. The van der Waals surface area contributed by atoms with Gasteiger partial charge in [0.1, 0.15) is 5.52 Å². The minimum absolute atomic E-state index is 0.252. The first-order valence-electron chi connectivity index (χ1n) is 5.36. The Kier molecular flexibility index (Phi) is 3.17. The maximum Gasteiger partial charge on any atom is 0.181 e. The van der Waals surface area contributed by atoms with Gasteiger partial charge in [0.15, 0.2) is 12.0 Å². The summed E-state index contributed by atoms with van der Waals surface area (Å²) < 4.78 is 5.28. The van der Waals surface area contributed by atoms with Crippen LogP contribution in [0.1, 0.15) is 25.3 Å². The number of rotatable bonds is 3. The number of nitrogens with two attached hydrogens (primary N) is 1. The van der Waals surface area contributed by atoms with E-state index in [0.717, 1.165) is 16.7 Å². The SMILES string of the molecule is CC(C)C(CN)c1cc2ocnc2cc1Cl. The molecule has 1 aromatic heterocycles. The molecule has 86 valence electrons. The maximum absolute atomic E-state index is 6.24. The lowest BCUT2D eigenvalue weighted by atomic mass is 9.88. The molecule has 0 amide bonds. The van der Waals surface area contributed by atoms with Crippen LogP contribution < -0.4 is 5.73 Å². The second-order valence-electron chi connectivity index (χ2n) is 4.28. The van der Waals surface area contributed by atoms with Crippen LogP contribution in [0.2, 0.25) is 5.02 Å². The molecule has 0 aliphatic carbocycles. The number of hydrogen-bond acceptors (Lipinski definition) is 3. The molecule has 0 spiro atoms. The molecule has 0 radical (unpaired) electrons. The van der Waals surface area contributed by atoms with Gasteiger partial charge in [-0.15, -0.1) is 0 Å². The highest BCUT2D eigenvalue weighted by Gasteiger charge is 2.18. The summed E-state index contributed by atoms with van der Waals surface area (Å²) in [6.07, 6.45) is 1.43. The van der Waals surface area contributed by atoms with Gasteiger partial charge in [-0.05, 0) is 30.2 Å². The van der Waals surface area contributed by atoms with Gasteiger partial charge in [0.25, 0.3) is 0 Å². The van der Waals surface area contributed by atoms with E-state index in [1.54, 1.807) is 0 Å². The van der Waals surface area contributed by atoms with Gasteiger partial charge in [-0.25, -0.2) is 4.98 Å². The molecule has 0 saturated carbocycles. The Morgan fingerprint density at radius 2 is 2.19 bits per heavy atom. The Morgan fingerprint density at radius 1 is 1.44 bits per heavy atom. The molecule has 16 heavy (non-hydrogen) atoms. The van der Waals surface area contributed by atoms with Crippen LogP contribution in [-0.2, 0) is 0 Å². The average Bonchev–Trinajstić information content (AvgIpc) is 2.65. The van der Waals surface area contributed by atoms with Gasteiger partial charge in [-0.1, -0.05) is 25.4 Å². The van der Waals surface area contributed by atoms with Gasteiger partial charge in [-0.3, -0.25) is 0 Å². The van der Waals surface area contributed by atoms with Gasteiger partial charge in [0, 0.05) is 10.9 Å². The van der Waals surface area contributed by atoms with E-state index in [0.29, 0.717) is 17.5 Å². The molecule has 1 unspecified atom stereocenters. The fourth-order valence-corrected chi connectivity index (χ4v) is 2.23. The van der Waals surface area contributed by atoms with Crippen molar-refractivity contribution in [1.82, 2.24) is 4.98 Å². The smallest absolute Gasteiger partial charge is 0.181 e. The largest absolute Gasteiger partial charge is 0.443 e. The second kappa shape index (κ2) is 4.44. The number of halogens is 1. The number of oxazole rings is 1. The molecule has 2 N–H and O–H groups in total. The summed E-state index contributed by atoms with van der Waals surface area (Å²) in [6, 6.07) is 3.78. The first-order chi connectivity index (χ1) is 7.63. The van der Waals surface area contributed by atoms with Gasteiger partial charge < -0.3 is 10.2 Å². The molecule has 4 heteroatoms. The van der Waals surface area contributed by atoms with E-state index in [9.17, 15) is 0 Å². The van der Waals surface area contributed by atoms with Crippen molar-refractivity contribution in [3.63, 3.8) is 0 Å². The van der Waals surface area contributed by atoms with Crippen molar-refractivity contribution in [3.8, 4) is 0 Å². The van der Waals surface area contributed by atoms with E-state index in [1.807, 2.05) is 12.1 Å². The van der Waals surface area contributed by atoms with E-state index < -0.39 is 0 Å². The number of nitrogens with zero attached hydrogens (tertiary/aromatic N) is 1. The van der Waals surface area contributed by atoms with Crippen LogP contribution in [0.4, 0.5) is 0 Å². The summed E-state index contributed by atoms with van der Waals surface area (Å²) in [5, 5.41) is 0.713. The summed E-state index contributed by atoms with van der Waals surface area (Å²) in [4.78, 5) is 4.07. The molecule has 1 heterocycles. The van der Waals surface area contributed by atoms with Crippen LogP contribution in [0, 0.1) is 5.92 Å². The van der Waals surface area contributed by atoms with Crippen LogP contribution in [-0.4, -0.2) is 11.5 Å². The lowest BCUT2D eigenvalue weighted by Crippen LogP contribution is -2.18. The third-order valence-corrected chi connectivity index (χ3v) is 3.24. The lowest BCUT2D eigenvalue weighted by molar-refractivity contribution is 0.506. The molecular weight excluding hydrogens is 224 g/mol. The number of aromatic nitrogens is 1. The molecule has 3 nitrogen and oxygen atoms in total.